The van der Waals surface area contributed by atoms with Crippen LogP contribution in [0.25, 0.3) is 0 Å². The van der Waals surface area contributed by atoms with E-state index in [-0.39, 0.29) is 12.2 Å². The SMILES string of the molecule is CO[C@@H](C)c1nnc([C@H](C)OC)n1NCC(C)C. The second-order valence-corrected chi connectivity index (χ2v) is 4.76. The fraction of sp³-hybridized carbons (Fsp3) is 0.833. The van der Waals surface area contributed by atoms with E-state index in [1.54, 1.807) is 14.2 Å². The van der Waals surface area contributed by atoms with E-state index in [4.69, 9.17) is 9.47 Å². The zero-order valence-corrected chi connectivity index (χ0v) is 12.1. The van der Waals surface area contributed by atoms with Crippen molar-refractivity contribution in [2.45, 2.75) is 39.9 Å². The molecule has 104 valence electrons. The molecular formula is C12H24N4O2. The van der Waals surface area contributed by atoms with Gasteiger partial charge in [0.2, 0.25) is 0 Å². The van der Waals surface area contributed by atoms with Crippen LogP contribution < -0.4 is 5.43 Å². The zero-order valence-electron chi connectivity index (χ0n) is 12.1. The number of hydrogen-bond acceptors (Lipinski definition) is 5. The van der Waals surface area contributed by atoms with Crippen molar-refractivity contribution in [1.82, 2.24) is 14.9 Å². The lowest BCUT2D eigenvalue weighted by molar-refractivity contribution is 0.101. The molecule has 0 bridgehead atoms. The van der Waals surface area contributed by atoms with Gasteiger partial charge in [0.15, 0.2) is 11.6 Å². The lowest BCUT2D eigenvalue weighted by Gasteiger charge is -2.18. The Morgan fingerprint density at radius 1 is 1.00 bits per heavy atom. The minimum atomic E-state index is -0.116. The molecule has 1 heterocycles. The monoisotopic (exact) mass is 256 g/mol. The molecule has 2 atom stereocenters. The average Bonchev–Trinajstić information content (AvgIpc) is 2.78. The third-order valence-corrected chi connectivity index (χ3v) is 2.81. The molecule has 0 radical (unpaired) electrons. The molecule has 0 fully saturated rings. The molecule has 18 heavy (non-hydrogen) atoms. The van der Waals surface area contributed by atoms with Gasteiger partial charge in [0.05, 0.1) is 0 Å². The number of ether oxygens (including phenoxy) is 2. The fourth-order valence-electron chi connectivity index (χ4n) is 1.48. The van der Waals surface area contributed by atoms with Crippen LogP contribution in [0.4, 0.5) is 0 Å². The van der Waals surface area contributed by atoms with Gasteiger partial charge >= 0.3 is 0 Å². The molecule has 0 saturated carbocycles. The van der Waals surface area contributed by atoms with Crippen LogP contribution in [-0.2, 0) is 9.47 Å². The molecule has 1 rings (SSSR count). The van der Waals surface area contributed by atoms with Gasteiger partial charge in [-0.25, -0.2) is 4.68 Å². The van der Waals surface area contributed by atoms with Crippen LogP contribution in [0.3, 0.4) is 0 Å². The zero-order chi connectivity index (χ0) is 13.7. The van der Waals surface area contributed by atoms with Gasteiger partial charge in [0, 0.05) is 20.8 Å². The quantitative estimate of drug-likeness (QED) is 0.807. The molecule has 6 heteroatoms. The van der Waals surface area contributed by atoms with Crippen LogP contribution in [0.2, 0.25) is 0 Å². The van der Waals surface area contributed by atoms with Crippen LogP contribution in [0.15, 0.2) is 0 Å². The lowest BCUT2D eigenvalue weighted by atomic mass is 10.2. The van der Waals surface area contributed by atoms with Crippen molar-refractivity contribution in [1.29, 1.82) is 0 Å². The highest BCUT2D eigenvalue weighted by molar-refractivity contribution is 5.04. The maximum Gasteiger partial charge on any atom is 0.180 e. The third kappa shape index (κ3) is 3.43. The smallest absolute Gasteiger partial charge is 0.180 e. The normalized spacial score (nSPS) is 14.8. The first-order valence-electron chi connectivity index (χ1n) is 6.25. The fourth-order valence-corrected chi connectivity index (χ4v) is 1.48. The Bertz CT molecular complexity index is 337. The van der Waals surface area contributed by atoms with Crippen molar-refractivity contribution in [3.63, 3.8) is 0 Å². The number of hydrogen-bond donors (Lipinski definition) is 1. The third-order valence-electron chi connectivity index (χ3n) is 2.81. The molecule has 0 amide bonds. The summed E-state index contributed by atoms with van der Waals surface area (Å²) in [5.74, 6) is 2.05. The highest BCUT2D eigenvalue weighted by atomic mass is 16.5. The van der Waals surface area contributed by atoms with E-state index in [0.717, 1.165) is 18.2 Å². The maximum absolute atomic E-state index is 5.31. The average molecular weight is 256 g/mol. The molecule has 6 nitrogen and oxygen atoms in total. The van der Waals surface area contributed by atoms with Crippen molar-refractivity contribution in [3.05, 3.63) is 11.6 Å². The maximum atomic E-state index is 5.31. The van der Waals surface area contributed by atoms with E-state index < -0.39 is 0 Å². The molecule has 1 aromatic rings. The van der Waals surface area contributed by atoms with Crippen LogP contribution in [-0.4, -0.2) is 35.6 Å². The van der Waals surface area contributed by atoms with Gasteiger partial charge in [0.25, 0.3) is 0 Å². The summed E-state index contributed by atoms with van der Waals surface area (Å²) in [6.07, 6.45) is -0.232. The summed E-state index contributed by atoms with van der Waals surface area (Å²) >= 11 is 0. The summed E-state index contributed by atoms with van der Waals surface area (Å²) in [5.41, 5.74) is 3.32. The molecule has 0 unspecified atom stereocenters. The first-order chi connectivity index (χ1) is 8.51. The van der Waals surface area contributed by atoms with E-state index in [1.165, 1.54) is 0 Å². The predicted molar refractivity (Wildman–Crippen MR) is 69.9 cm³/mol. The molecular weight excluding hydrogens is 232 g/mol. The Balaban J connectivity index is 3.00. The standard InChI is InChI=1S/C12H24N4O2/c1-8(2)7-13-16-11(9(3)17-5)14-15-12(16)10(4)18-6/h8-10,13H,7H2,1-6H3/t9-,10-/m0/s1. The Morgan fingerprint density at radius 3 is 1.78 bits per heavy atom. The molecule has 0 aliphatic carbocycles. The van der Waals surface area contributed by atoms with E-state index in [2.05, 4.69) is 29.5 Å². The summed E-state index contributed by atoms with van der Waals surface area (Å²) in [5, 5.41) is 8.36. The molecule has 1 aromatic heterocycles. The van der Waals surface area contributed by atoms with Crippen LogP contribution in [0.5, 0.6) is 0 Å². The first kappa shape index (κ1) is 14.9. The van der Waals surface area contributed by atoms with E-state index in [9.17, 15) is 0 Å². The van der Waals surface area contributed by atoms with Crippen LogP contribution in [0, 0.1) is 5.92 Å². The predicted octanol–water partition coefficient (Wildman–Crippen LogP) is 1.89. The minimum Gasteiger partial charge on any atom is -0.374 e. The van der Waals surface area contributed by atoms with Crippen molar-refractivity contribution in [3.8, 4) is 0 Å². The van der Waals surface area contributed by atoms with Gasteiger partial charge in [-0.1, -0.05) is 13.8 Å². The molecule has 0 spiro atoms. The van der Waals surface area contributed by atoms with Crippen molar-refractivity contribution in [2.24, 2.45) is 5.92 Å². The number of rotatable bonds is 7. The first-order valence-corrected chi connectivity index (χ1v) is 6.25. The minimum absolute atomic E-state index is 0.116. The molecule has 0 aliphatic heterocycles. The number of nitrogens with zero attached hydrogens (tertiary/aromatic N) is 3. The van der Waals surface area contributed by atoms with Gasteiger partial charge in [-0.05, 0) is 19.8 Å². The topological polar surface area (TPSA) is 61.2 Å². The van der Waals surface area contributed by atoms with E-state index in [1.807, 2.05) is 18.5 Å². The second kappa shape index (κ2) is 6.70. The second-order valence-electron chi connectivity index (χ2n) is 4.76. The van der Waals surface area contributed by atoms with E-state index >= 15 is 0 Å². The highest BCUT2D eigenvalue weighted by Gasteiger charge is 2.21. The Morgan fingerprint density at radius 2 is 1.44 bits per heavy atom. The van der Waals surface area contributed by atoms with Gasteiger partial charge in [-0.2, -0.15) is 0 Å². The summed E-state index contributed by atoms with van der Waals surface area (Å²) in [4.78, 5) is 0. The molecule has 0 aliphatic rings. The molecule has 1 N–H and O–H groups in total. The van der Waals surface area contributed by atoms with Gasteiger partial charge < -0.3 is 14.9 Å². The van der Waals surface area contributed by atoms with Crippen LogP contribution in [0.1, 0.15) is 51.6 Å². The van der Waals surface area contributed by atoms with Crippen molar-refractivity contribution in [2.75, 3.05) is 26.2 Å². The van der Waals surface area contributed by atoms with Gasteiger partial charge in [0.1, 0.15) is 12.2 Å². The lowest BCUT2D eigenvalue weighted by Crippen LogP contribution is -2.26. The summed E-state index contributed by atoms with van der Waals surface area (Å²) < 4.78 is 12.5. The largest absolute Gasteiger partial charge is 0.374 e. The Kier molecular flexibility index (Phi) is 5.55. The van der Waals surface area contributed by atoms with Crippen molar-refractivity contribution >= 4 is 0 Å². The highest BCUT2D eigenvalue weighted by Crippen LogP contribution is 2.19. The van der Waals surface area contributed by atoms with Crippen molar-refractivity contribution < 1.29 is 9.47 Å². The Labute approximate surface area is 109 Å². The molecule has 0 aromatic carbocycles. The number of nitrogens with one attached hydrogen (secondary N) is 1. The van der Waals surface area contributed by atoms with Gasteiger partial charge in [-0.15, -0.1) is 10.2 Å². The number of methoxy groups -OCH3 is 2. The summed E-state index contributed by atoms with van der Waals surface area (Å²) in [7, 11) is 3.32. The summed E-state index contributed by atoms with van der Waals surface area (Å²) in [6, 6.07) is 0. The van der Waals surface area contributed by atoms with E-state index in [0.29, 0.717) is 5.92 Å². The summed E-state index contributed by atoms with van der Waals surface area (Å²) in [6.45, 7) is 9.02. The molecule has 0 saturated heterocycles. The Hall–Kier alpha value is -1.14. The van der Waals surface area contributed by atoms with Crippen LogP contribution >= 0.6 is 0 Å². The number of aromatic nitrogens is 3. The van der Waals surface area contributed by atoms with Gasteiger partial charge in [-0.3, -0.25) is 0 Å².